The second kappa shape index (κ2) is 3.69. The fourth-order valence-corrected chi connectivity index (χ4v) is 1.64. The van der Waals surface area contributed by atoms with Crippen molar-refractivity contribution >= 4 is 16.7 Å². The standard InChI is InChI=1S/C12H9FO2/c13-11-6-5-8(7-12(14)15)9-3-1-2-4-10(9)11/h1-6H,7H2,(H,14,15). The molecule has 2 nitrogen and oxygen atoms in total. The van der Waals surface area contributed by atoms with Crippen LogP contribution in [-0.2, 0) is 11.2 Å². The molecule has 0 fully saturated rings. The van der Waals surface area contributed by atoms with Crippen LogP contribution in [0.15, 0.2) is 36.4 Å². The zero-order chi connectivity index (χ0) is 10.8. The molecule has 0 saturated heterocycles. The molecule has 0 radical (unpaired) electrons. The summed E-state index contributed by atoms with van der Waals surface area (Å²) in [4.78, 5) is 10.6. The second-order valence-electron chi connectivity index (χ2n) is 3.32. The van der Waals surface area contributed by atoms with Gasteiger partial charge < -0.3 is 5.11 Å². The fraction of sp³-hybridized carbons (Fsp3) is 0.0833. The minimum absolute atomic E-state index is 0.0825. The van der Waals surface area contributed by atoms with Gasteiger partial charge >= 0.3 is 5.97 Å². The Morgan fingerprint density at radius 2 is 1.80 bits per heavy atom. The van der Waals surface area contributed by atoms with E-state index in [1.807, 2.05) is 0 Å². The Morgan fingerprint density at radius 1 is 1.13 bits per heavy atom. The molecule has 0 saturated carbocycles. The molecule has 2 aromatic rings. The summed E-state index contributed by atoms with van der Waals surface area (Å²) in [5.41, 5.74) is 0.638. The van der Waals surface area contributed by atoms with Gasteiger partial charge in [0.1, 0.15) is 5.82 Å². The number of carbonyl (C=O) groups is 1. The topological polar surface area (TPSA) is 37.3 Å². The summed E-state index contributed by atoms with van der Waals surface area (Å²) in [7, 11) is 0. The number of benzene rings is 2. The molecule has 0 bridgehead atoms. The number of rotatable bonds is 2. The first-order valence-corrected chi connectivity index (χ1v) is 4.56. The van der Waals surface area contributed by atoms with E-state index in [1.54, 1.807) is 24.3 Å². The van der Waals surface area contributed by atoms with E-state index in [9.17, 15) is 9.18 Å². The maximum absolute atomic E-state index is 13.4. The highest BCUT2D eigenvalue weighted by molar-refractivity contribution is 5.89. The Kier molecular flexibility index (Phi) is 2.37. The maximum atomic E-state index is 13.4. The minimum Gasteiger partial charge on any atom is -0.481 e. The zero-order valence-corrected chi connectivity index (χ0v) is 7.90. The summed E-state index contributed by atoms with van der Waals surface area (Å²) >= 11 is 0. The van der Waals surface area contributed by atoms with E-state index in [1.165, 1.54) is 12.1 Å². The molecule has 0 spiro atoms. The van der Waals surface area contributed by atoms with Crippen molar-refractivity contribution in [3.8, 4) is 0 Å². The molecule has 0 atom stereocenters. The highest BCUT2D eigenvalue weighted by atomic mass is 19.1. The van der Waals surface area contributed by atoms with Gasteiger partial charge in [0.2, 0.25) is 0 Å². The van der Waals surface area contributed by atoms with Crippen molar-refractivity contribution in [2.24, 2.45) is 0 Å². The molecular weight excluding hydrogens is 195 g/mol. The molecule has 1 N–H and O–H groups in total. The molecule has 0 aromatic heterocycles. The Bertz CT molecular complexity index is 520. The van der Waals surface area contributed by atoms with Crippen LogP contribution >= 0.6 is 0 Å². The van der Waals surface area contributed by atoms with E-state index < -0.39 is 5.97 Å². The minimum atomic E-state index is -0.910. The molecule has 0 amide bonds. The lowest BCUT2D eigenvalue weighted by Gasteiger charge is -2.04. The third-order valence-electron chi connectivity index (χ3n) is 2.30. The van der Waals surface area contributed by atoms with Crippen LogP contribution in [-0.4, -0.2) is 11.1 Å². The van der Waals surface area contributed by atoms with Crippen molar-refractivity contribution in [3.05, 3.63) is 47.8 Å². The zero-order valence-electron chi connectivity index (χ0n) is 7.90. The number of hydrogen-bond donors (Lipinski definition) is 1. The third kappa shape index (κ3) is 1.81. The van der Waals surface area contributed by atoms with E-state index in [2.05, 4.69) is 0 Å². The quantitative estimate of drug-likeness (QED) is 0.816. The third-order valence-corrected chi connectivity index (χ3v) is 2.30. The van der Waals surface area contributed by atoms with Crippen LogP contribution < -0.4 is 0 Å². The highest BCUT2D eigenvalue weighted by Gasteiger charge is 2.07. The van der Waals surface area contributed by atoms with Gasteiger partial charge in [-0.3, -0.25) is 4.79 Å². The molecule has 0 aliphatic carbocycles. The summed E-state index contributed by atoms with van der Waals surface area (Å²) in [6.45, 7) is 0. The van der Waals surface area contributed by atoms with Gasteiger partial charge in [-0.15, -0.1) is 0 Å². The molecule has 2 aromatic carbocycles. The first kappa shape index (κ1) is 9.65. The van der Waals surface area contributed by atoms with E-state index in [-0.39, 0.29) is 12.2 Å². The van der Waals surface area contributed by atoms with E-state index in [4.69, 9.17) is 5.11 Å². The van der Waals surface area contributed by atoms with Gasteiger partial charge in [-0.1, -0.05) is 30.3 Å². The average Bonchev–Trinajstić information content (AvgIpc) is 2.22. The predicted octanol–water partition coefficient (Wildman–Crippen LogP) is 2.61. The Hall–Kier alpha value is -1.90. The van der Waals surface area contributed by atoms with E-state index in [0.717, 1.165) is 0 Å². The summed E-state index contributed by atoms with van der Waals surface area (Å²) in [6, 6.07) is 9.71. The summed E-state index contributed by atoms with van der Waals surface area (Å²) in [6.07, 6.45) is -0.0825. The van der Waals surface area contributed by atoms with Gasteiger partial charge in [0.15, 0.2) is 0 Å². The molecule has 0 aliphatic heterocycles. The lowest BCUT2D eigenvalue weighted by Crippen LogP contribution is -2.01. The van der Waals surface area contributed by atoms with Crippen LogP contribution in [0.25, 0.3) is 10.8 Å². The number of hydrogen-bond acceptors (Lipinski definition) is 1. The molecule has 0 unspecified atom stereocenters. The summed E-state index contributed by atoms with van der Waals surface area (Å²) in [5.74, 6) is -1.23. The van der Waals surface area contributed by atoms with Crippen LogP contribution in [0.4, 0.5) is 4.39 Å². The molecule has 76 valence electrons. The van der Waals surface area contributed by atoms with Gasteiger partial charge in [-0.05, 0) is 17.0 Å². The molecule has 0 aliphatic rings. The van der Waals surface area contributed by atoms with Gasteiger partial charge in [0, 0.05) is 5.39 Å². The van der Waals surface area contributed by atoms with Crippen molar-refractivity contribution in [2.45, 2.75) is 6.42 Å². The van der Waals surface area contributed by atoms with Crippen molar-refractivity contribution < 1.29 is 14.3 Å². The fourth-order valence-electron chi connectivity index (χ4n) is 1.64. The molecule has 15 heavy (non-hydrogen) atoms. The monoisotopic (exact) mass is 204 g/mol. The lowest BCUT2D eigenvalue weighted by molar-refractivity contribution is -0.136. The van der Waals surface area contributed by atoms with Crippen molar-refractivity contribution in [3.63, 3.8) is 0 Å². The molecule has 2 rings (SSSR count). The van der Waals surface area contributed by atoms with E-state index in [0.29, 0.717) is 16.3 Å². The Morgan fingerprint density at radius 3 is 2.47 bits per heavy atom. The SMILES string of the molecule is O=C(O)Cc1ccc(F)c2ccccc12. The van der Waals surface area contributed by atoms with Gasteiger partial charge in [0.05, 0.1) is 6.42 Å². The second-order valence-corrected chi connectivity index (χ2v) is 3.32. The maximum Gasteiger partial charge on any atom is 0.307 e. The van der Waals surface area contributed by atoms with Crippen LogP contribution in [0, 0.1) is 5.82 Å². The van der Waals surface area contributed by atoms with Crippen molar-refractivity contribution in [1.82, 2.24) is 0 Å². The van der Waals surface area contributed by atoms with Crippen LogP contribution in [0.3, 0.4) is 0 Å². The van der Waals surface area contributed by atoms with Crippen LogP contribution in [0.2, 0.25) is 0 Å². The van der Waals surface area contributed by atoms with Crippen molar-refractivity contribution in [2.75, 3.05) is 0 Å². The average molecular weight is 204 g/mol. The summed E-state index contributed by atoms with van der Waals surface area (Å²) < 4.78 is 13.4. The van der Waals surface area contributed by atoms with E-state index >= 15 is 0 Å². The smallest absolute Gasteiger partial charge is 0.307 e. The highest BCUT2D eigenvalue weighted by Crippen LogP contribution is 2.22. The first-order chi connectivity index (χ1) is 7.18. The van der Waals surface area contributed by atoms with Crippen molar-refractivity contribution in [1.29, 1.82) is 0 Å². The van der Waals surface area contributed by atoms with Gasteiger partial charge in [-0.25, -0.2) is 4.39 Å². The first-order valence-electron chi connectivity index (χ1n) is 4.56. The van der Waals surface area contributed by atoms with Gasteiger partial charge in [0.25, 0.3) is 0 Å². The number of aliphatic carboxylic acids is 1. The number of carboxylic acids is 1. The largest absolute Gasteiger partial charge is 0.481 e. The Balaban J connectivity index is 2.66. The number of halogens is 1. The van der Waals surface area contributed by atoms with Gasteiger partial charge in [-0.2, -0.15) is 0 Å². The molecular formula is C12H9FO2. The van der Waals surface area contributed by atoms with Crippen LogP contribution in [0.1, 0.15) is 5.56 Å². The molecule has 0 heterocycles. The number of fused-ring (bicyclic) bond motifs is 1. The number of carboxylic acid groups (broad SMARTS) is 1. The molecule has 3 heteroatoms. The normalized spacial score (nSPS) is 10.5. The van der Waals surface area contributed by atoms with Crippen LogP contribution in [0.5, 0.6) is 0 Å². The lowest BCUT2D eigenvalue weighted by atomic mass is 10.0. The summed E-state index contributed by atoms with van der Waals surface area (Å²) in [5, 5.41) is 9.84. The predicted molar refractivity (Wildman–Crippen MR) is 55.2 cm³/mol. The Labute approximate surface area is 86.0 Å².